The molecule has 1 fully saturated rings. The van der Waals surface area contributed by atoms with Gasteiger partial charge in [0.1, 0.15) is 6.04 Å². The summed E-state index contributed by atoms with van der Waals surface area (Å²) in [5.74, 6) is -0.757. The Morgan fingerprint density at radius 3 is 2.60 bits per heavy atom. The van der Waals surface area contributed by atoms with E-state index in [1.54, 1.807) is 18.6 Å². The molecule has 9 nitrogen and oxygen atoms in total. The number of morpholine rings is 1. The Balaban J connectivity index is 2.82. The van der Waals surface area contributed by atoms with Gasteiger partial charge in [-0.15, -0.1) is 0 Å². The van der Waals surface area contributed by atoms with Gasteiger partial charge in [0.15, 0.2) is 0 Å². The standard InChI is InChI=1S/C10H18N2O7S/c1-7(2)19-10(14)11-20(15,16)12-4-5-18-6-8(12)9(13)17-3/h7-8H,4-6H2,1-3H3,(H,11,14). The minimum absolute atomic E-state index is 0.0654. The molecule has 20 heavy (non-hydrogen) atoms. The molecule has 0 aromatic rings. The summed E-state index contributed by atoms with van der Waals surface area (Å²) >= 11 is 0. The molecule has 0 saturated carbocycles. The predicted octanol–water partition coefficient (Wildman–Crippen LogP) is -0.760. The van der Waals surface area contributed by atoms with E-state index in [4.69, 9.17) is 9.47 Å². The Hall–Kier alpha value is -1.39. The first-order valence-electron chi connectivity index (χ1n) is 5.93. The number of nitrogens with zero attached hydrogens (tertiary/aromatic N) is 1. The Kier molecular flexibility index (Phi) is 5.72. The molecule has 1 unspecified atom stereocenters. The summed E-state index contributed by atoms with van der Waals surface area (Å²) < 4.78 is 40.9. The average Bonchev–Trinajstić information content (AvgIpc) is 2.36. The number of methoxy groups -OCH3 is 1. The number of ether oxygens (including phenoxy) is 3. The highest BCUT2D eigenvalue weighted by Gasteiger charge is 2.39. The van der Waals surface area contributed by atoms with E-state index < -0.39 is 34.4 Å². The lowest BCUT2D eigenvalue weighted by Gasteiger charge is -2.32. The largest absolute Gasteiger partial charge is 0.468 e. The van der Waals surface area contributed by atoms with Crippen LogP contribution in [-0.4, -0.2) is 63.8 Å². The monoisotopic (exact) mass is 310 g/mol. The number of hydrogen-bond donors (Lipinski definition) is 1. The fraction of sp³-hybridized carbons (Fsp3) is 0.800. The molecule has 116 valence electrons. The van der Waals surface area contributed by atoms with Gasteiger partial charge in [0.2, 0.25) is 0 Å². The minimum atomic E-state index is -4.20. The van der Waals surface area contributed by atoms with Crippen LogP contribution in [0.3, 0.4) is 0 Å². The van der Waals surface area contributed by atoms with Gasteiger partial charge in [-0.1, -0.05) is 0 Å². The van der Waals surface area contributed by atoms with Crippen LogP contribution in [0.25, 0.3) is 0 Å². The molecule has 1 heterocycles. The molecule has 0 spiro atoms. The minimum Gasteiger partial charge on any atom is -0.468 e. The molecule has 0 bridgehead atoms. The number of amides is 1. The summed E-state index contributed by atoms with van der Waals surface area (Å²) in [4.78, 5) is 22.9. The molecule has 1 amide bonds. The van der Waals surface area contributed by atoms with Crippen LogP contribution in [0.4, 0.5) is 4.79 Å². The van der Waals surface area contributed by atoms with Crippen molar-refractivity contribution in [3.63, 3.8) is 0 Å². The highest BCUT2D eigenvalue weighted by atomic mass is 32.2. The lowest BCUT2D eigenvalue weighted by atomic mass is 10.3. The molecule has 0 aromatic carbocycles. The lowest BCUT2D eigenvalue weighted by Crippen LogP contribution is -2.57. The highest BCUT2D eigenvalue weighted by Crippen LogP contribution is 2.13. The third-order valence-corrected chi connectivity index (χ3v) is 3.90. The maximum Gasteiger partial charge on any atom is 0.422 e. The number of nitrogens with one attached hydrogen (secondary N) is 1. The van der Waals surface area contributed by atoms with Crippen LogP contribution >= 0.6 is 0 Å². The van der Waals surface area contributed by atoms with E-state index in [0.29, 0.717) is 0 Å². The van der Waals surface area contributed by atoms with Gasteiger partial charge >= 0.3 is 22.3 Å². The molecule has 1 rings (SSSR count). The normalized spacial score (nSPS) is 20.5. The van der Waals surface area contributed by atoms with E-state index in [-0.39, 0.29) is 19.8 Å². The quantitative estimate of drug-likeness (QED) is 0.679. The molecule has 1 aliphatic rings. The summed E-state index contributed by atoms with van der Waals surface area (Å²) in [5, 5.41) is 0. The second-order valence-corrected chi connectivity index (χ2v) is 5.91. The Morgan fingerprint density at radius 2 is 2.05 bits per heavy atom. The van der Waals surface area contributed by atoms with Crippen LogP contribution in [0, 0.1) is 0 Å². The van der Waals surface area contributed by atoms with Gasteiger partial charge in [0.25, 0.3) is 0 Å². The molecule has 1 saturated heterocycles. The summed E-state index contributed by atoms with van der Waals surface area (Å²) in [6.07, 6.45) is -1.57. The Bertz CT molecular complexity index is 462. The summed E-state index contributed by atoms with van der Waals surface area (Å²) in [7, 11) is -3.06. The molecular weight excluding hydrogens is 292 g/mol. The predicted molar refractivity (Wildman–Crippen MR) is 67.0 cm³/mol. The van der Waals surface area contributed by atoms with E-state index in [2.05, 4.69) is 4.74 Å². The Morgan fingerprint density at radius 1 is 1.40 bits per heavy atom. The molecule has 10 heteroatoms. The second kappa shape index (κ2) is 6.86. The summed E-state index contributed by atoms with van der Waals surface area (Å²) in [5.41, 5.74) is 0. The highest BCUT2D eigenvalue weighted by molar-refractivity contribution is 7.87. The van der Waals surface area contributed by atoms with E-state index in [9.17, 15) is 18.0 Å². The molecule has 0 aromatic heterocycles. The van der Waals surface area contributed by atoms with E-state index in [1.807, 2.05) is 0 Å². The summed E-state index contributed by atoms with van der Waals surface area (Å²) in [6, 6.07) is -1.13. The second-order valence-electron chi connectivity index (χ2n) is 4.29. The van der Waals surface area contributed by atoms with Crippen LogP contribution in [0.15, 0.2) is 0 Å². The summed E-state index contributed by atoms with van der Waals surface area (Å²) in [6.45, 7) is 3.08. The Labute approximate surface area is 117 Å². The van der Waals surface area contributed by atoms with Crippen LogP contribution in [-0.2, 0) is 29.2 Å². The maximum atomic E-state index is 12.1. The number of carbonyl (C=O) groups is 2. The smallest absolute Gasteiger partial charge is 0.422 e. The molecular formula is C10H18N2O7S. The van der Waals surface area contributed by atoms with E-state index in [1.165, 1.54) is 0 Å². The van der Waals surface area contributed by atoms with Crippen LogP contribution in [0.2, 0.25) is 0 Å². The van der Waals surface area contributed by atoms with Crippen molar-refractivity contribution >= 4 is 22.3 Å². The lowest BCUT2D eigenvalue weighted by molar-refractivity contribution is -0.149. The topological polar surface area (TPSA) is 111 Å². The molecule has 1 atom stereocenters. The van der Waals surface area contributed by atoms with Gasteiger partial charge < -0.3 is 14.2 Å². The van der Waals surface area contributed by atoms with Gasteiger partial charge in [-0.05, 0) is 13.8 Å². The fourth-order valence-electron chi connectivity index (χ4n) is 1.60. The van der Waals surface area contributed by atoms with Gasteiger partial charge in [-0.25, -0.2) is 9.52 Å². The van der Waals surface area contributed by atoms with Gasteiger partial charge in [-0.3, -0.25) is 4.79 Å². The van der Waals surface area contributed by atoms with Gasteiger partial charge in [0, 0.05) is 6.54 Å². The average molecular weight is 310 g/mol. The van der Waals surface area contributed by atoms with Crippen LogP contribution in [0.5, 0.6) is 0 Å². The van der Waals surface area contributed by atoms with E-state index in [0.717, 1.165) is 11.4 Å². The first-order chi connectivity index (χ1) is 9.27. The van der Waals surface area contributed by atoms with Gasteiger partial charge in [0.05, 0.1) is 26.4 Å². The number of hydrogen-bond acceptors (Lipinski definition) is 7. The van der Waals surface area contributed by atoms with Crippen molar-refractivity contribution in [1.29, 1.82) is 0 Å². The zero-order valence-corrected chi connectivity index (χ0v) is 12.3. The van der Waals surface area contributed by atoms with Crippen molar-refractivity contribution < 1.29 is 32.2 Å². The van der Waals surface area contributed by atoms with Crippen molar-refractivity contribution in [2.24, 2.45) is 0 Å². The number of esters is 1. The maximum absolute atomic E-state index is 12.1. The molecule has 0 aliphatic carbocycles. The van der Waals surface area contributed by atoms with Crippen molar-refractivity contribution in [1.82, 2.24) is 9.03 Å². The third-order valence-electron chi connectivity index (χ3n) is 2.42. The SMILES string of the molecule is COC(=O)C1COCCN1S(=O)(=O)NC(=O)OC(C)C. The van der Waals surface area contributed by atoms with E-state index >= 15 is 0 Å². The van der Waals surface area contributed by atoms with Crippen molar-refractivity contribution in [3.05, 3.63) is 0 Å². The third kappa shape index (κ3) is 4.32. The number of rotatable bonds is 4. The van der Waals surface area contributed by atoms with Crippen molar-refractivity contribution in [2.75, 3.05) is 26.9 Å². The zero-order chi connectivity index (χ0) is 15.3. The van der Waals surface area contributed by atoms with Crippen molar-refractivity contribution in [3.8, 4) is 0 Å². The first-order valence-corrected chi connectivity index (χ1v) is 7.37. The molecule has 1 N–H and O–H groups in total. The fourth-order valence-corrected chi connectivity index (χ4v) is 2.77. The molecule has 1 aliphatic heterocycles. The zero-order valence-electron chi connectivity index (χ0n) is 11.5. The van der Waals surface area contributed by atoms with Crippen LogP contribution in [0.1, 0.15) is 13.8 Å². The van der Waals surface area contributed by atoms with Gasteiger partial charge in [-0.2, -0.15) is 12.7 Å². The molecule has 0 radical (unpaired) electrons. The first kappa shape index (κ1) is 16.7. The van der Waals surface area contributed by atoms with Crippen molar-refractivity contribution in [2.45, 2.75) is 26.0 Å². The number of carbonyl (C=O) groups excluding carboxylic acids is 2. The van der Waals surface area contributed by atoms with Crippen LogP contribution < -0.4 is 4.72 Å².